The summed E-state index contributed by atoms with van der Waals surface area (Å²) in [6.07, 6.45) is 1.90. The molecular formula is C24H27N3O5S. The number of rotatable bonds is 9. The fourth-order valence-electron chi connectivity index (χ4n) is 4.35. The molecule has 1 aliphatic heterocycles. The number of methoxy groups -OCH3 is 1. The molecule has 2 N–H and O–H groups in total. The zero-order valence-electron chi connectivity index (χ0n) is 18.4. The van der Waals surface area contributed by atoms with Crippen LogP contribution in [0.25, 0.3) is 0 Å². The Labute approximate surface area is 193 Å². The Morgan fingerprint density at radius 3 is 2.48 bits per heavy atom. The predicted octanol–water partition coefficient (Wildman–Crippen LogP) is 1.59. The first-order chi connectivity index (χ1) is 15.8. The van der Waals surface area contributed by atoms with E-state index in [1.165, 1.54) is 35.7 Å². The Bertz CT molecular complexity index is 1150. The van der Waals surface area contributed by atoms with Gasteiger partial charge in [0.2, 0.25) is 15.9 Å². The lowest BCUT2D eigenvalue weighted by molar-refractivity contribution is -0.116. The zero-order valence-corrected chi connectivity index (χ0v) is 19.2. The second kappa shape index (κ2) is 9.36. The third kappa shape index (κ3) is 4.79. The van der Waals surface area contributed by atoms with E-state index in [0.717, 1.165) is 5.56 Å². The molecule has 2 amide bonds. The molecule has 0 bridgehead atoms. The van der Waals surface area contributed by atoms with Crippen molar-refractivity contribution in [2.45, 2.75) is 17.4 Å². The van der Waals surface area contributed by atoms with Crippen LogP contribution >= 0.6 is 0 Å². The molecule has 4 rings (SSSR count). The number of sulfonamides is 1. The lowest BCUT2D eigenvalue weighted by atomic mass is 10.1. The van der Waals surface area contributed by atoms with Crippen molar-refractivity contribution < 1.29 is 22.7 Å². The number of nitrogens with zero attached hydrogens (tertiary/aromatic N) is 1. The van der Waals surface area contributed by atoms with E-state index in [4.69, 9.17) is 4.74 Å². The molecule has 1 aliphatic carbocycles. The number of carbonyl (C=O) groups excluding carboxylic acids is 2. The van der Waals surface area contributed by atoms with Crippen LogP contribution in [-0.4, -0.2) is 57.3 Å². The summed E-state index contributed by atoms with van der Waals surface area (Å²) >= 11 is 0. The summed E-state index contributed by atoms with van der Waals surface area (Å²) in [5, 5.41) is 5.69. The van der Waals surface area contributed by atoms with E-state index in [1.807, 2.05) is 30.3 Å². The van der Waals surface area contributed by atoms with Crippen LogP contribution in [-0.2, 0) is 21.2 Å². The molecule has 33 heavy (non-hydrogen) atoms. The van der Waals surface area contributed by atoms with E-state index in [2.05, 4.69) is 17.2 Å². The molecule has 2 aromatic rings. The minimum atomic E-state index is -3.74. The molecule has 9 heteroatoms. The molecule has 8 nitrogen and oxygen atoms in total. The van der Waals surface area contributed by atoms with Crippen LogP contribution in [0.1, 0.15) is 15.9 Å². The molecule has 2 unspecified atom stereocenters. The number of hydrogen-bond donors (Lipinski definition) is 2. The maximum absolute atomic E-state index is 13.1. The van der Waals surface area contributed by atoms with Crippen molar-refractivity contribution in [3.8, 4) is 5.75 Å². The number of nitrogens with one attached hydrogen (secondary N) is 2. The average molecular weight is 470 g/mol. The van der Waals surface area contributed by atoms with Gasteiger partial charge in [-0.15, -0.1) is 0 Å². The third-order valence-corrected chi connectivity index (χ3v) is 8.08. The summed E-state index contributed by atoms with van der Waals surface area (Å²) in [6, 6.07) is 14.1. The van der Waals surface area contributed by atoms with Gasteiger partial charge in [-0.2, -0.15) is 4.31 Å². The maximum atomic E-state index is 13.1. The van der Waals surface area contributed by atoms with Gasteiger partial charge in [-0.1, -0.05) is 36.9 Å². The van der Waals surface area contributed by atoms with Crippen molar-refractivity contribution in [3.63, 3.8) is 0 Å². The van der Waals surface area contributed by atoms with Crippen molar-refractivity contribution >= 4 is 21.8 Å². The molecule has 2 aliphatic rings. The first-order valence-corrected chi connectivity index (χ1v) is 12.2. The lowest BCUT2D eigenvalue weighted by Gasteiger charge is -2.20. The van der Waals surface area contributed by atoms with Gasteiger partial charge >= 0.3 is 0 Å². The Morgan fingerprint density at radius 1 is 1.15 bits per heavy atom. The highest BCUT2D eigenvalue weighted by Crippen LogP contribution is 2.47. The van der Waals surface area contributed by atoms with Crippen molar-refractivity contribution in [3.05, 3.63) is 72.3 Å². The van der Waals surface area contributed by atoms with Crippen molar-refractivity contribution in [1.29, 1.82) is 0 Å². The Morgan fingerprint density at radius 2 is 1.85 bits per heavy atom. The van der Waals surface area contributed by atoms with Gasteiger partial charge in [0.25, 0.3) is 5.91 Å². The number of hydrogen-bond acceptors (Lipinski definition) is 5. The van der Waals surface area contributed by atoms with Crippen molar-refractivity contribution in [2.75, 3.05) is 26.7 Å². The van der Waals surface area contributed by atoms with E-state index in [-0.39, 0.29) is 45.9 Å². The Balaban J connectivity index is 1.39. The molecule has 1 heterocycles. The Hall–Kier alpha value is -3.17. The SMILES string of the molecule is C=CC(=O)NC1C2CN(S(=O)(=O)c3ccc(C(=O)NCCc4ccccc4)c(OC)c3)CC21. The highest BCUT2D eigenvalue weighted by atomic mass is 32.2. The van der Waals surface area contributed by atoms with Crippen LogP contribution < -0.4 is 15.4 Å². The van der Waals surface area contributed by atoms with E-state index >= 15 is 0 Å². The molecule has 0 radical (unpaired) electrons. The number of benzene rings is 2. The van der Waals surface area contributed by atoms with E-state index in [9.17, 15) is 18.0 Å². The highest BCUT2D eigenvalue weighted by Gasteiger charge is 2.58. The van der Waals surface area contributed by atoms with Crippen LogP contribution in [0.5, 0.6) is 5.75 Å². The number of ether oxygens (including phenoxy) is 1. The van der Waals surface area contributed by atoms with E-state index in [1.54, 1.807) is 0 Å². The normalized spacial score (nSPS) is 21.7. The second-order valence-electron chi connectivity index (χ2n) is 8.24. The molecular weight excluding hydrogens is 442 g/mol. The fraction of sp³-hybridized carbons (Fsp3) is 0.333. The first kappa shape index (κ1) is 23.0. The molecule has 0 spiro atoms. The molecule has 2 fully saturated rings. The van der Waals surface area contributed by atoms with Crippen molar-refractivity contribution in [2.24, 2.45) is 11.8 Å². The van der Waals surface area contributed by atoms with E-state index < -0.39 is 10.0 Å². The second-order valence-corrected chi connectivity index (χ2v) is 10.2. The average Bonchev–Trinajstić information content (AvgIpc) is 3.25. The largest absolute Gasteiger partial charge is 0.496 e. The maximum Gasteiger partial charge on any atom is 0.255 e. The van der Waals surface area contributed by atoms with Crippen LogP contribution in [0.3, 0.4) is 0 Å². The molecule has 1 saturated carbocycles. The minimum Gasteiger partial charge on any atom is -0.496 e. The molecule has 2 atom stereocenters. The monoisotopic (exact) mass is 469 g/mol. The van der Waals surface area contributed by atoms with Gasteiger partial charge in [0.15, 0.2) is 0 Å². The number of fused-ring (bicyclic) bond motifs is 1. The third-order valence-electron chi connectivity index (χ3n) is 6.25. The molecule has 0 aromatic heterocycles. The lowest BCUT2D eigenvalue weighted by Crippen LogP contribution is -2.37. The first-order valence-electron chi connectivity index (χ1n) is 10.8. The fourth-order valence-corrected chi connectivity index (χ4v) is 5.88. The van der Waals surface area contributed by atoms with Crippen LogP contribution in [0.15, 0.2) is 66.1 Å². The van der Waals surface area contributed by atoms with Gasteiger partial charge < -0.3 is 15.4 Å². The van der Waals surface area contributed by atoms with E-state index in [0.29, 0.717) is 26.1 Å². The van der Waals surface area contributed by atoms with Gasteiger partial charge in [-0.25, -0.2) is 8.42 Å². The predicted molar refractivity (Wildman–Crippen MR) is 123 cm³/mol. The number of carbonyl (C=O) groups is 2. The highest BCUT2D eigenvalue weighted by molar-refractivity contribution is 7.89. The summed E-state index contributed by atoms with van der Waals surface area (Å²) in [7, 11) is -2.33. The summed E-state index contributed by atoms with van der Waals surface area (Å²) < 4.78 is 33.0. The summed E-state index contributed by atoms with van der Waals surface area (Å²) in [5.74, 6) is -0.143. The van der Waals surface area contributed by atoms with Crippen LogP contribution in [0.2, 0.25) is 0 Å². The standard InChI is InChI=1S/C24H27N3O5S/c1-3-22(28)26-23-19-14-27(15-20(19)23)33(30,31)17-9-10-18(21(13-17)32-2)24(29)25-12-11-16-7-5-4-6-8-16/h3-10,13,19-20,23H,1,11-12,14-15H2,2H3,(H,25,29)(H,26,28). The van der Waals surface area contributed by atoms with Gasteiger partial charge in [-0.3, -0.25) is 9.59 Å². The molecule has 174 valence electrons. The number of piperidine rings is 1. The summed E-state index contributed by atoms with van der Waals surface area (Å²) in [6.45, 7) is 4.58. The van der Waals surface area contributed by atoms with Gasteiger partial charge in [0.05, 0.1) is 17.6 Å². The zero-order chi connectivity index (χ0) is 23.6. The van der Waals surface area contributed by atoms with Crippen molar-refractivity contribution in [1.82, 2.24) is 14.9 Å². The smallest absolute Gasteiger partial charge is 0.255 e. The summed E-state index contributed by atoms with van der Waals surface area (Å²) in [4.78, 5) is 24.2. The van der Waals surface area contributed by atoms with Crippen LogP contribution in [0.4, 0.5) is 0 Å². The molecule has 2 aromatic carbocycles. The van der Waals surface area contributed by atoms with Gasteiger partial charge in [0.1, 0.15) is 5.75 Å². The quantitative estimate of drug-likeness (QED) is 0.543. The number of amides is 2. The topological polar surface area (TPSA) is 105 Å². The van der Waals surface area contributed by atoms with Crippen LogP contribution in [0, 0.1) is 11.8 Å². The van der Waals surface area contributed by atoms with Gasteiger partial charge in [-0.05, 0) is 42.0 Å². The Kier molecular flexibility index (Phi) is 6.53. The molecule has 1 saturated heterocycles. The summed E-state index contributed by atoms with van der Waals surface area (Å²) in [5.41, 5.74) is 1.39. The van der Waals surface area contributed by atoms with Gasteiger partial charge in [0, 0.05) is 31.7 Å². The minimum absolute atomic E-state index is 0.00144.